The molecular formula is C23H22N4O2. The van der Waals surface area contributed by atoms with E-state index in [0.29, 0.717) is 18.7 Å². The molecule has 146 valence electrons. The van der Waals surface area contributed by atoms with Crippen LogP contribution >= 0.6 is 0 Å². The predicted octanol–water partition coefficient (Wildman–Crippen LogP) is 3.12. The maximum Gasteiger partial charge on any atom is 0.254 e. The number of aryl methyl sites for hydroxylation is 1. The fourth-order valence-electron chi connectivity index (χ4n) is 3.88. The first-order valence-electron chi connectivity index (χ1n) is 9.81. The Bertz CT molecular complexity index is 1200. The van der Waals surface area contributed by atoms with Crippen LogP contribution in [0, 0.1) is 6.92 Å². The summed E-state index contributed by atoms with van der Waals surface area (Å²) in [6.45, 7) is 3.13. The normalized spacial score (nSPS) is 15.4. The third-order valence-corrected chi connectivity index (χ3v) is 5.35. The summed E-state index contributed by atoms with van der Waals surface area (Å²) in [5.74, 6) is 0.961. The van der Waals surface area contributed by atoms with Crippen LogP contribution in [0.25, 0.3) is 16.7 Å². The van der Waals surface area contributed by atoms with Crippen molar-refractivity contribution in [2.45, 2.75) is 26.0 Å². The average Bonchev–Trinajstić information content (AvgIpc) is 3.29. The molecular weight excluding hydrogens is 364 g/mol. The van der Waals surface area contributed by atoms with E-state index in [2.05, 4.69) is 21.5 Å². The maximum absolute atomic E-state index is 12.7. The lowest BCUT2D eigenvalue weighted by molar-refractivity contribution is 0.227. The van der Waals surface area contributed by atoms with Crippen LogP contribution in [0.15, 0.2) is 65.5 Å². The SMILES string of the molecule is Cc1nn(-c2ccccc2)c2[nH]c(=O)c(CNC[C@H]3Cc4ccccc4O3)cc12. The van der Waals surface area contributed by atoms with Gasteiger partial charge in [0.25, 0.3) is 5.56 Å². The molecule has 4 aromatic rings. The molecule has 1 atom stereocenters. The van der Waals surface area contributed by atoms with Gasteiger partial charge in [0.2, 0.25) is 0 Å². The smallest absolute Gasteiger partial charge is 0.254 e. The lowest BCUT2D eigenvalue weighted by Gasteiger charge is -2.12. The number of hydrogen-bond acceptors (Lipinski definition) is 4. The molecule has 0 radical (unpaired) electrons. The van der Waals surface area contributed by atoms with Crippen molar-refractivity contribution in [3.05, 3.63) is 87.8 Å². The quantitative estimate of drug-likeness (QED) is 0.553. The minimum Gasteiger partial charge on any atom is -0.488 e. The van der Waals surface area contributed by atoms with Gasteiger partial charge in [0, 0.05) is 30.5 Å². The van der Waals surface area contributed by atoms with Gasteiger partial charge in [-0.05, 0) is 36.8 Å². The summed E-state index contributed by atoms with van der Waals surface area (Å²) in [7, 11) is 0. The Kier molecular flexibility index (Phi) is 4.41. The van der Waals surface area contributed by atoms with Crippen LogP contribution in [0.2, 0.25) is 0 Å². The number of aromatic amines is 1. The Morgan fingerprint density at radius 3 is 2.79 bits per heavy atom. The summed E-state index contributed by atoms with van der Waals surface area (Å²) in [5, 5.41) is 8.94. The number of fused-ring (bicyclic) bond motifs is 2. The van der Waals surface area contributed by atoms with Crippen molar-refractivity contribution < 1.29 is 4.74 Å². The van der Waals surface area contributed by atoms with E-state index in [9.17, 15) is 4.79 Å². The van der Waals surface area contributed by atoms with E-state index in [4.69, 9.17) is 4.74 Å². The molecule has 0 spiro atoms. The van der Waals surface area contributed by atoms with Crippen LogP contribution in [0.1, 0.15) is 16.8 Å². The second-order valence-electron chi connectivity index (χ2n) is 7.40. The van der Waals surface area contributed by atoms with Crippen molar-refractivity contribution >= 4 is 11.0 Å². The van der Waals surface area contributed by atoms with Crippen LogP contribution in [0.5, 0.6) is 5.75 Å². The highest BCUT2D eigenvalue weighted by molar-refractivity contribution is 5.80. The third kappa shape index (κ3) is 3.32. The van der Waals surface area contributed by atoms with Gasteiger partial charge in [-0.25, -0.2) is 4.68 Å². The van der Waals surface area contributed by atoms with Crippen LogP contribution in [0.3, 0.4) is 0 Å². The van der Waals surface area contributed by atoms with Gasteiger partial charge >= 0.3 is 0 Å². The first-order valence-corrected chi connectivity index (χ1v) is 9.81. The fraction of sp³-hybridized carbons (Fsp3) is 0.217. The molecule has 0 bridgehead atoms. The highest BCUT2D eigenvalue weighted by atomic mass is 16.5. The standard InChI is InChI=1S/C23H22N4O2/c1-15-20-12-17(13-24-14-19-11-16-7-5-6-10-21(16)29-19)23(28)25-22(20)27(26-15)18-8-3-2-4-9-18/h2-10,12,19,24H,11,13-14H2,1H3,(H,25,28)/t19-/m1/s1. The molecule has 2 aromatic carbocycles. The van der Waals surface area contributed by atoms with Gasteiger partial charge < -0.3 is 15.0 Å². The lowest BCUT2D eigenvalue weighted by atomic mass is 10.1. The molecule has 2 N–H and O–H groups in total. The van der Waals surface area contributed by atoms with Gasteiger partial charge in [-0.3, -0.25) is 4.79 Å². The largest absolute Gasteiger partial charge is 0.488 e. The molecule has 6 nitrogen and oxygen atoms in total. The van der Waals surface area contributed by atoms with E-state index >= 15 is 0 Å². The molecule has 0 fully saturated rings. The van der Waals surface area contributed by atoms with Crippen molar-refractivity contribution in [1.82, 2.24) is 20.1 Å². The molecule has 0 unspecified atom stereocenters. The van der Waals surface area contributed by atoms with Crippen LogP contribution in [-0.2, 0) is 13.0 Å². The fourth-order valence-corrected chi connectivity index (χ4v) is 3.88. The number of ether oxygens (including phenoxy) is 1. The zero-order valence-electron chi connectivity index (χ0n) is 16.2. The Balaban J connectivity index is 1.33. The minimum absolute atomic E-state index is 0.0952. The predicted molar refractivity (Wildman–Crippen MR) is 113 cm³/mol. The Morgan fingerprint density at radius 2 is 1.97 bits per heavy atom. The van der Waals surface area contributed by atoms with Gasteiger partial charge in [0.15, 0.2) is 0 Å². The number of aromatic nitrogens is 3. The van der Waals surface area contributed by atoms with E-state index in [0.717, 1.165) is 34.6 Å². The molecule has 0 saturated carbocycles. The zero-order valence-corrected chi connectivity index (χ0v) is 16.2. The van der Waals surface area contributed by atoms with E-state index in [1.165, 1.54) is 5.56 Å². The number of nitrogens with zero attached hydrogens (tertiary/aromatic N) is 2. The van der Waals surface area contributed by atoms with Crippen LogP contribution in [-0.4, -0.2) is 27.4 Å². The minimum atomic E-state index is -0.0993. The number of hydrogen-bond donors (Lipinski definition) is 2. The summed E-state index contributed by atoms with van der Waals surface area (Å²) < 4.78 is 7.74. The number of nitrogens with one attached hydrogen (secondary N) is 2. The van der Waals surface area contributed by atoms with Gasteiger partial charge in [-0.2, -0.15) is 5.10 Å². The van der Waals surface area contributed by atoms with Crippen molar-refractivity contribution in [1.29, 1.82) is 0 Å². The molecule has 0 amide bonds. The second-order valence-corrected chi connectivity index (χ2v) is 7.40. The van der Waals surface area contributed by atoms with Crippen LogP contribution in [0.4, 0.5) is 0 Å². The molecule has 1 aliphatic rings. The molecule has 3 heterocycles. The Labute approximate surface area is 168 Å². The zero-order chi connectivity index (χ0) is 19.8. The van der Waals surface area contributed by atoms with E-state index in [-0.39, 0.29) is 11.7 Å². The molecule has 29 heavy (non-hydrogen) atoms. The Morgan fingerprint density at radius 1 is 1.17 bits per heavy atom. The number of para-hydroxylation sites is 2. The Hall–Kier alpha value is -3.38. The lowest BCUT2D eigenvalue weighted by Crippen LogP contribution is -2.31. The first kappa shape index (κ1) is 17.7. The van der Waals surface area contributed by atoms with E-state index in [1.807, 2.05) is 61.5 Å². The molecule has 1 aliphatic heterocycles. The molecule has 2 aromatic heterocycles. The molecule has 6 heteroatoms. The number of rotatable bonds is 5. The maximum atomic E-state index is 12.7. The number of benzene rings is 2. The summed E-state index contributed by atoms with van der Waals surface area (Å²) in [6.07, 6.45) is 0.986. The number of H-pyrrole nitrogens is 1. The van der Waals surface area contributed by atoms with Crippen molar-refractivity contribution in [3.63, 3.8) is 0 Å². The highest BCUT2D eigenvalue weighted by Crippen LogP contribution is 2.27. The highest BCUT2D eigenvalue weighted by Gasteiger charge is 2.22. The molecule has 0 saturated heterocycles. The summed E-state index contributed by atoms with van der Waals surface area (Å²) in [5.41, 5.74) is 4.36. The summed E-state index contributed by atoms with van der Waals surface area (Å²) in [6, 6.07) is 19.9. The van der Waals surface area contributed by atoms with Gasteiger partial charge in [-0.15, -0.1) is 0 Å². The van der Waals surface area contributed by atoms with Gasteiger partial charge in [-0.1, -0.05) is 36.4 Å². The van der Waals surface area contributed by atoms with Gasteiger partial charge in [0.1, 0.15) is 17.5 Å². The van der Waals surface area contributed by atoms with E-state index < -0.39 is 0 Å². The van der Waals surface area contributed by atoms with Crippen molar-refractivity contribution in [2.75, 3.05) is 6.54 Å². The number of pyridine rings is 1. The summed E-state index contributed by atoms with van der Waals surface area (Å²) >= 11 is 0. The van der Waals surface area contributed by atoms with Crippen molar-refractivity contribution in [2.24, 2.45) is 0 Å². The van der Waals surface area contributed by atoms with Crippen LogP contribution < -0.4 is 15.6 Å². The molecule has 5 rings (SSSR count). The monoisotopic (exact) mass is 386 g/mol. The topological polar surface area (TPSA) is 71.9 Å². The van der Waals surface area contributed by atoms with Gasteiger partial charge in [0.05, 0.1) is 11.4 Å². The second kappa shape index (κ2) is 7.22. The molecule has 0 aliphatic carbocycles. The van der Waals surface area contributed by atoms with Crippen molar-refractivity contribution in [3.8, 4) is 11.4 Å². The first-order chi connectivity index (χ1) is 14.2. The average molecular weight is 386 g/mol. The third-order valence-electron chi connectivity index (χ3n) is 5.35. The summed E-state index contributed by atoms with van der Waals surface area (Å²) in [4.78, 5) is 15.7. The van der Waals surface area contributed by atoms with E-state index in [1.54, 1.807) is 4.68 Å².